The minimum atomic E-state index is -0.231. The average Bonchev–Trinajstić information content (AvgIpc) is 3.35. The van der Waals surface area contributed by atoms with Gasteiger partial charge in [-0.05, 0) is 35.7 Å². The van der Waals surface area contributed by atoms with Gasteiger partial charge < -0.3 is 0 Å². The zero-order valence-electron chi connectivity index (χ0n) is 14.5. The van der Waals surface area contributed by atoms with Crippen LogP contribution in [0.5, 0.6) is 0 Å². The van der Waals surface area contributed by atoms with Gasteiger partial charge in [0.2, 0.25) is 0 Å². The summed E-state index contributed by atoms with van der Waals surface area (Å²) >= 11 is 2.48. The van der Waals surface area contributed by atoms with Crippen LogP contribution < -0.4 is 4.90 Å². The first-order chi connectivity index (χ1) is 13.1. The second kappa shape index (κ2) is 7.50. The maximum atomic E-state index is 12.8. The highest BCUT2D eigenvalue weighted by Crippen LogP contribution is 2.36. The second-order valence-electron chi connectivity index (χ2n) is 6.11. The Morgan fingerprint density at radius 1 is 1.41 bits per heavy atom. The molecule has 0 radical (unpaired) electrons. The fraction of sp³-hybridized carbons (Fsp3) is 0.158. The average molecular weight is 396 g/mol. The first-order valence-electron chi connectivity index (χ1n) is 8.44. The molecular formula is C19H17N5OS2. The number of H-pyrrole nitrogens is 1. The first-order valence-corrected chi connectivity index (χ1v) is 10.1. The van der Waals surface area contributed by atoms with Crippen LogP contribution in [0.2, 0.25) is 0 Å². The lowest BCUT2D eigenvalue weighted by atomic mass is 10.0. The Bertz CT molecular complexity index is 997. The zero-order valence-corrected chi connectivity index (χ0v) is 16.2. The highest BCUT2D eigenvalue weighted by Gasteiger charge is 2.35. The van der Waals surface area contributed by atoms with E-state index in [4.69, 9.17) is 5.41 Å². The molecule has 1 aliphatic heterocycles. The van der Waals surface area contributed by atoms with Crippen molar-refractivity contribution in [2.45, 2.75) is 13.3 Å². The minimum Gasteiger partial charge on any atom is -0.278 e. The number of carbonyl (C=O) groups is 1. The van der Waals surface area contributed by atoms with Gasteiger partial charge in [0.05, 0.1) is 16.8 Å². The van der Waals surface area contributed by atoms with Crippen LogP contribution in [0.3, 0.4) is 0 Å². The molecule has 2 aromatic heterocycles. The molecule has 27 heavy (non-hydrogen) atoms. The van der Waals surface area contributed by atoms with Crippen molar-refractivity contribution in [2.75, 3.05) is 4.90 Å². The van der Waals surface area contributed by atoms with Crippen molar-refractivity contribution in [1.29, 1.82) is 5.41 Å². The number of anilines is 1. The van der Waals surface area contributed by atoms with Crippen LogP contribution in [0, 0.1) is 11.3 Å². The van der Waals surface area contributed by atoms with Gasteiger partial charge in [-0.2, -0.15) is 5.10 Å². The van der Waals surface area contributed by atoms with E-state index in [9.17, 15) is 4.79 Å². The van der Waals surface area contributed by atoms with Crippen LogP contribution in [0.4, 0.5) is 5.13 Å². The summed E-state index contributed by atoms with van der Waals surface area (Å²) in [5, 5.41) is 17.8. The van der Waals surface area contributed by atoms with Crippen LogP contribution in [-0.4, -0.2) is 26.3 Å². The number of amides is 1. The molecule has 0 saturated carbocycles. The summed E-state index contributed by atoms with van der Waals surface area (Å²) in [5.74, 6) is 0.142. The van der Waals surface area contributed by atoms with E-state index in [1.54, 1.807) is 23.8 Å². The van der Waals surface area contributed by atoms with E-state index in [2.05, 4.69) is 52.5 Å². The van der Waals surface area contributed by atoms with E-state index in [0.717, 1.165) is 35.0 Å². The lowest BCUT2D eigenvalue weighted by Crippen LogP contribution is -2.27. The predicted octanol–water partition coefficient (Wildman–Crippen LogP) is 4.46. The molecule has 1 saturated heterocycles. The number of aromatic nitrogens is 3. The van der Waals surface area contributed by atoms with Gasteiger partial charge >= 0.3 is 0 Å². The molecule has 0 bridgehead atoms. The fourth-order valence-corrected chi connectivity index (χ4v) is 4.36. The van der Waals surface area contributed by atoms with Gasteiger partial charge in [-0.15, -0.1) is 11.3 Å². The molecule has 1 aliphatic carbocycles. The van der Waals surface area contributed by atoms with E-state index < -0.39 is 0 Å². The fourth-order valence-electron chi connectivity index (χ4n) is 2.83. The van der Waals surface area contributed by atoms with Crippen LogP contribution in [-0.2, 0) is 4.79 Å². The van der Waals surface area contributed by atoms with Crippen LogP contribution in [0.1, 0.15) is 24.6 Å². The third-order valence-electron chi connectivity index (χ3n) is 4.17. The van der Waals surface area contributed by atoms with Crippen molar-refractivity contribution >= 4 is 51.0 Å². The second-order valence-corrected chi connectivity index (χ2v) is 8.02. The Kier molecular flexibility index (Phi) is 4.91. The third kappa shape index (κ3) is 3.58. The Morgan fingerprint density at radius 3 is 3.11 bits per heavy atom. The number of aromatic amines is 1. The number of amidine groups is 1. The summed E-state index contributed by atoms with van der Waals surface area (Å²) in [6, 6.07) is 0. The van der Waals surface area contributed by atoms with E-state index >= 15 is 0 Å². The Labute approximate surface area is 164 Å². The van der Waals surface area contributed by atoms with Crippen molar-refractivity contribution in [2.24, 2.45) is 5.92 Å². The van der Waals surface area contributed by atoms with Gasteiger partial charge in [0.25, 0.3) is 5.91 Å². The lowest BCUT2D eigenvalue weighted by Gasteiger charge is -2.09. The molecule has 1 fully saturated rings. The van der Waals surface area contributed by atoms with Crippen LogP contribution in [0.15, 0.2) is 53.1 Å². The number of rotatable bonds is 3. The smallest absolute Gasteiger partial charge is 0.273 e. The lowest BCUT2D eigenvalue weighted by molar-refractivity contribution is -0.113. The Balaban J connectivity index is 1.66. The number of carbonyl (C=O) groups excluding carboxylic acids is 1. The largest absolute Gasteiger partial charge is 0.278 e. The summed E-state index contributed by atoms with van der Waals surface area (Å²) in [4.78, 5) is 18.7. The van der Waals surface area contributed by atoms with Gasteiger partial charge in [0, 0.05) is 17.1 Å². The van der Waals surface area contributed by atoms with Crippen molar-refractivity contribution < 1.29 is 4.79 Å². The zero-order chi connectivity index (χ0) is 18.8. The molecule has 1 atom stereocenters. The number of hydrogen-bond acceptors (Lipinski definition) is 6. The Morgan fingerprint density at radius 2 is 2.30 bits per heavy atom. The predicted molar refractivity (Wildman–Crippen MR) is 112 cm³/mol. The number of thiazole rings is 1. The monoisotopic (exact) mass is 395 g/mol. The number of nitrogens with one attached hydrogen (secondary N) is 2. The van der Waals surface area contributed by atoms with Gasteiger partial charge in [0.1, 0.15) is 0 Å². The molecule has 2 aromatic rings. The number of allylic oxidation sites excluding steroid dienone is 6. The highest BCUT2D eigenvalue weighted by molar-refractivity contribution is 8.19. The molecule has 0 aromatic carbocycles. The van der Waals surface area contributed by atoms with Gasteiger partial charge in [-0.3, -0.25) is 15.3 Å². The topological polar surface area (TPSA) is 85.7 Å². The molecule has 3 heterocycles. The van der Waals surface area contributed by atoms with E-state index in [1.807, 2.05) is 0 Å². The molecule has 8 heteroatoms. The SMILES string of the molecule is CC1C=CC/C=C(c2[nH]ncc2/C=C2\SC(=N)N(c3nccs3)C2=O)\C=C/1. The van der Waals surface area contributed by atoms with Gasteiger partial charge in [-0.25, -0.2) is 9.88 Å². The van der Waals surface area contributed by atoms with Crippen molar-refractivity contribution in [1.82, 2.24) is 15.2 Å². The quantitative estimate of drug-likeness (QED) is 0.593. The van der Waals surface area contributed by atoms with E-state index in [0.29, 0.717) is 16.0 Å². The molecule has 2 aliphatic rings. The molecule has 0 spiro atoms. The minimum absolute atomic E-state index is 0.162. The Hall–Kier alpha value is -2.71. The van der Waals surface area contributed by atoms with Crippen molar-refractivity contribution in [3.05, 3.63) is 64.3 Å². The summed E-state index contributed by atoms with van der Waals surface area (Å²) in [6.07, 6.45) is 16.6. The molecular weight excluding hydrogens is 378 g/mol. The summed E-state index contributed by atoms with van der Waals surface area (Å²) < 4.78 is 0. The number of thioether (sulfide) groups is 1. The van der Waals surface area contributed by atoms with Gasteiger partial charge in [0.15, 0.2) is 10.3 Å². The highest BCUT2D eigenvalue weighted by atomic mass is 32.2. The standard InChI is InChI=1S/C19H17N5OS2/c1-12-4-2-3-5-13(7-6-12)16-14(11-22-23-16)10-15-17(25)24(18(20)27-15)19-21-8-9-26-19/h2,4-12,20H,3H2,1H3,(H,22,23)/b4-2?,7-6-,13-5+,15-10-,20-18?. The van der Waals surface area contributed by atoms with Gasteiger partial charge in [-0.1, -0.05) is 37.3 Å². The number of nitrogens with zero attached hydrogens (tertiary/aromatic N) is 3. The molecule has 1 unspecified atom stereocenters. The maximum absolute atomic E-state index is 12.8. The summed E-state index contributed by atoms with van der Waals surface area (Å²) in [6.45, 7) is 2.14. The molecule has 136 valence electrons. The maximum Gasteiger partial charge on any atom is 0.273 e. The number of hydrogen-bond donors (Lipinski definition) is 2. The van der Waals surface area contributed by atoms with Crippen molar-refractivity contribution in [3.8, 4) is 0 Å². The molecule has 1 amide bonds. The molecule has 2 N–H and O–H groups in total. The van der Waals surface area contributed by atoms with Crippen LogP contribution in [0.25, 0.3) is 11.6 Å². The normalized spacial score (nSPS) is 24.8. The molecule has 4 rings (SSSR count). The summed E-state index contributed by atoms with van der Waals surface area (Å²) in [5.41, 5.74) is 2.74. The van der Waals surface area contributed by atoms with Crippen LogP contribution >= 0.6 is 23.1 Å². The van der Waals surface area contributed by atoms with E-state index in [1.165, 1.54) is 16.2 Å². The summed E-state index contributed by atoms with van der Waals surface area (Å²) in [7, 11) is 0. The van der Waals surface area contributed by atoms with Crippen molar-refractivity contribution in [3.63, 3.8) is 0 Å². The third-order valence-corrected chi connectivity index (χ3v) is 5.82. The first kappa shape index (κ1) is 17.7. The molecule has 6 nitrogen and oxygen atoms in total. The van der Waals surface area contributed by atoms with E-state index in [-0.39, 0.29) is 11.1 Å².